The summed E-state index contributed by atoms with van der Waals surface area (Å²) in [6.45, 7) is 0.384. The van der Waals surface area contributed by atoms with Crippen LogP contribution in [0.2, 0.25) is 0 Å². The van der Waals surface area contributed by atoms with Crippen molar-refractivity contribution in [3.63, 3.8) is 0 Å². The van der Waals surface area contributed by atoms with Gasteiger partial charge < -0.3 is 15.2 Å². The molecule has 3 nitrogen and oxygen atoms in total. The predicted molar refractivity (Wildman–Crippen MR) is 83.8 cm³/mol. The van der Waals surface area contributed by atoms with Crippen LogP contribution in [0.4, 0.5) is 10.1 Å². The Morgan fingerprint density at radius 3 is 2.55 bits per heavy atom. The molecule has 0 fully saturated rings. The third-order valence-electron chi connectivity index (χ3n) is 2.67. The third kappa shape index (κ3) is 3.64. The molecule has 0 radical (unpaired) electrons. The van der Waals surface area contributed by atoms with Crippen molar-refractivity contribution in [2.24, 2.45) is 0 Å². The predicted octanol–water partition coefficient (Wildman–Crippen LogP) is 4.68. The molecule has 6 heteroatoms. The van der Waals surface area contributed by atoms with E-state index in [9.17, 15) is 9.50 Å². The molecule has 0 spiro atoms. The van der Waals surface area contributed by atoms with Crippen LogP contribution < -0.4 is 10.1 Å². The van der Waals surface area contributed by atoms with Crippen molar-refractivity contribution in [3.05, 3.63) is 50.7 Å². The van der Waals surface area contributed by atoms with E-state index in [0.717, 1.165) is 20.7 Å². The van der Waals surface area contributed by atoms with E-state index in [1.807, 2.05) is 12.1 Å². The molecule has 2 N–H and O–H groups in total. The quantitative estimate of drug-likeness (QED) is 0.777. The lowest BCUT2D eigenvalue weighted by atomic mass is 10.2. The highest BCUT2D eigenvalue weighted by Crippen LogP contribution is 2.34. The highest BCUT2D eigenvalue weighted by atomic mass is 79.9. The highest BCUT2D eigenvalue weighted by molar-refractivity contribution is 9.11. The Kier molecular flexibility index (Phi) is 4.88. The number of benzene rings is 2. The van der Waals surface area contributed by atoms with Crippen LogP contribution in [-0.2, 0) is 6.54 Å². The van der Waals surface area contributed by atoms with Gasteiger partial charge in [-0.05, 0) is 55.6 Å². The third-order valence-corrected chi connectivity index (χ3v) is 3.94. The van der Waals surface area contributed by atoms with E-state index in [-0.39, 0.29) is 5.75 Å². The summed E-state index contributed by atoms with van der Waals surface area (Å²) in [4.78, 5) is 0. The molecule has 0 heterocycles. The van der Waals surface area contributed by atoms with Crippen molar-refractivity contribution >= 4 is 37.5 Å². The molecule has 106 valence electrons. The molecule has 20 heavy (non-hydrogen) atoms. The SMILES string of the molecule is COc1cc(NCc2cc(O)cc(F)c2)c(Br)cc1Br. The van der Waals surface area contributed by atoms with E-state index in [4.69, 9.17) is 4.74 Å². The number of rotatable bonds is 4. The van der Waals surface area contributed by atoms with Gasteiger partial charge in [-0.1, -0.05) is 0 Å². The normalized spacial score (nSPS) is 10.4. The molecule has 0 unspecified atom stereocenters. The molecule has 0 saturated heterocycles. The Labute approximate surface area is 133 Å². The largest absolute Gasteiger partial charge is 0.508 e. The molecule has 0 aliphatic rings. The smallest absolute Gasteiger partial charge is 0.135 e. The Hall–Kier alpha value is -1.27. The molecule has 0 aromatic heterocycles. The molecule has 0 amide bonds. The lowest BCUT2D eigenvalue weighted by Crippen LogP contribution is -2.01. The summed E-state index contributed by atoms with van der Waals surface area (Å²) < 4.78 is 20.1. The van der Waals surface area contributed by atoms with Gasteiger partial charge in [-0.15, -0.1) is 0 Å². The van der Waals surface area contributed by atoms with Gasteiger partial charge >= 0.3 is 0 Å². The zero-order valence-electron chi connectivity index (χ0n) is 10.6. The van der Waals surface area contributed by atoms with Gasteiger partial charge in [-0.2, -0.15) is 0 Å². The fraction of sp³-hybridized carbons (Fsp3) is 0.143. The molecule has 0 atom stereocenters. The van der Waals surface area contributed by atoms with E-state index in [1.165, 1.54) is 12.1 Å². The molecule has 0 saturated carbocycles. The number of methoxy groups -OCH3 is 1. The summed E-state index contributed by atoms with van der Waals surface area (Å²) in [5.41, 5.74) is 1.46. The van der Waals surface area contributed by atoms with Crippen molar-refractivity contribution in [1.29, 1.82) is 0 Å². The fourth-order valence-corrected chi connectivity index (χ4v) is 3.05. The second-order valence-corrected chi connectivity index (χ2v) is 5.85. The van der Waals surface area contributed by atoms with Crippen molar-refractivity contribution < 1.29 is 14.2 Å². The lowest BCUT2D eigenvalue weighted by Gasteiger charge is -2.12. The van der Waals surface area contributed by atoms with E-state index in [2.05, 4.69) is 37.2 Å². The second-order valence-electron chi connectivity index (χ2n) is 4.14. The Bertz CT molecular complexity index is 615. The number of hydrogen-bond acceptors (Lipinski definition) is 3. The van der Waals surface area contributed by atoms with Crippen LogP contribution in [0.25, 0.3) is 0 Å². The molecular formula is C14H12Br2FNO2. The summed E-state index contributed by atoms with van der Waals surface area (Å²) in [7, 11) is 1.59. The standard InChI is InChI=1S/C14H12Br2FNO2/c1-20-14-6-13(11(15)5-12(14)16)18-7-8-2-9(17)4-10(19)3-8/h2-6,18-19H,7H2,1H3. The molecule has 0 aliphatic heterocycles. The first-order valence-electron chi connectivity index (χ1n) is 5.75. The van der Waals surface area contributed by atoms with Gasteiger partial charge in [-0.3, -0.25) is 0 Å². The number of nitrogens with one attached hydrogen (secondary N) is 1. The minimum Gasteiger partial charge on any atom is -0.508 e. The van der Waals surface area contributed by atoms with Gasteiger partial charge in [0, 0.05) is 23.2 Å². The summed E-state index contributed by atoms with van der Waals surface area (Å²) >= 11 is 6.83. The van der Waals surface area contributed by atoms with E-state index >= 15 is 0 Å². The van der Waals surface area contributed by atoms with Crippen LogP contribution in [0.3, 0.4) is 0 Å². The molecule has 2 aromatic rings. The topological polar surface area (TPSA) is 41.5 Å². The number of halogens is 3. The van der Waals surface area contributed by atoms with Crippen molar-refractivity contribution in [1.82, 2.24) is 0 Å². The molecular weight excluding hydrogens is 393 g/mol. The number of phenols is 1. The molecule has 0 bridgehead atoms. The Morgan fingerprint density at radius 1 is 1.15 bits per heavy atom. The number of phenolic OH excluding ortho intramolecular Hbond substituents is 1. The van der Waals surface area contributed by atoms with E-state index in [1.54, 1.807) is 7.11 Å². The summed E-state index contributed by atoms with van der Waals surface area (Å²) in [6.07, 6.45) is 0. The molecule has 2 rings (SSSR count). The average Bonchev–Trinajstić information content (AvgIpc) is 2.36. The summed E-state index contributed by atoms with van der Waals surface area (Å²) in [6, 6.07) is 7.65. The monoisotopic (exact) mass is 403 g/mol. The highest BCUT2D eigenvalue weighted by Gasteiger charge is 2.07. The number of ether oxygens (including phenoxy) is 1. The van der Waals surface area contributed by atoms with Crippen LogP contribution >= 0.6 is 31.9 Å². The van der Waals surface area contributed by atoms with Gasteiger partial charge in [-0.25, -0.2) is 4.39 Å². The van der Waals surface area contributed by atoms with Crippen molar-refractivity contribution in [2.75, 3.05) is 12.4 Å². The van der Waals surface area contributed by atoms with E-state index in [0.29, 0.717) is 17.9 Å². The Morgan fingerprint density at radius 2 is 1.90 bits per heavy atom. The first-order chi connectivity index (χ1) is 9.49. The minimum atomic E-state index is -0.464. The van der Waals surface area contributed by atoms with Crippen molar-refractivity contribution in [3.8, 4) is 11.5 Å². The molecule has 0 aliphatic carbocycles. The van der Waals surface area contributed by atoms with Gasteiger partial charge in [0.15, 0.2) is 0 Å². The summed E-state index contributed by atoms with van der Waals surface area (Å²) in [5, 5.41) is 12.5. The van der Waals surface area contributed by atoms with E-state index < -0.39 is 5.82 Å². The molecule has 2 aromatic carbocycles. The van der Waals surface area contributed by atoms with Gasteiger partial charge in [0.05, 0.1) is 17.3 Å². The lowest BCUT2D eigenvalue weighted by molar-refractivity contribution is 0.412. The maximum atomic E-state index is 13.2. The van der Waals surface area contributed by atoms with Crippen molar-refractivity contribution in [2.45, 2.75) is 6.54 Å². The average molecular weight is 405 g/mol. The zero-order chi connectivity index (χ0) is 14.7. The van der Waals surface area contributed by atoms with Gasteiger partial charge in [0.1, 0.15) is 17.3 Å². The first-order valence-corrected chi connectivity index (χ1v) is 7.33. The number of hydrogen-bond donors (Lipinski definition) is 2. The second kappa shape index (κ2) is 6.45. The maximum Gasteiger partial charge on any atom is 0.135 e. The zero-order valence-corrected chi connectivity index (χ0v) is 13.8. The maximum absolute atomic E-state index is 13.2. The number of anilines is 1. The summed E-state index contributed by atoms with van der Waals surface area (Å²) in [5.74, 6) is 0.140. The fourth-order valence-electron chi connectivity index (χ4n) is 1.75. The van der Waals surface area contributed by atoms with Crippen LogP contribution in [-0.4, -0.2) is 12.2 Å². The first kappa shape index (κ1) is 15.1. The van der Waals surface area contributed by atoms with Crippen LogP contribution in [0.1, 0.15) is 5.56 Å². The Balaban J connectivity index is 2.18. The van der Waals surface area contributed by atoms with Gasteiger partial charge in [0.2, 0.25) is 0 Å². The number of aromatic hydroxyl groups is 1. The van der Waals surface area contributed by atoms with Crippen LogP contribution in [0, 0.1) is 5.82 Å². The van der Waals surface area contributed by atoms with Crippen LogP contribution in [0.15, 0.2) is 39.3 Å². The van der Waals surface area contributed by atoms with Gasteiger partial charge in [0.25, 0.3) is 0 Å². The van der Waals surface area contributed by atoms with Crippen LogP contribution in [0.5, 0.6) is 11.5 Å². The minimum absolute atomic E-state index is 0.0887.